The standard InChI is InChI=1S/C13H14FN3/c14-11-5-3-4-10(8-11)9-12-15-13-6-1-2-7-17(13)16-12/h3-5,8H,1-2,6-7,9H2. The van der Waals surface area contributed by atoms with Crippen molar-refractivity contribution < 1.29 is 4.39 Å². The molecule has 0 unspecified atom stereocenters. The molecule has 0 N–H and O–H groups in total. The number of halogens is 1. The third-order valence-electron chi connectivity index (χ3n) is 3.06. The minimum Gasteiger partial charge on any atom is -0.250 e. The molecule has 1 aliphatic rings. The van der Waals surface area contributed by atoms with E-state index in [2.05, 4.69) is 10.1 Å². The summed E-state index contributed by atoms with van der Waals surface area (Å²) in [5, 5.41) is 4.46. The maximum atomic E-state index is 13.1. The predicted octanol–water partition coefficient (Wildman–Crippen LogP) is 2.34. The van der Waals surface area contributed by atoms with Crippen LogP contribution in [0.3, 0.4) is 0 Å². The summed E-state index contributed by atoms with van der Waals surface area (Å²) in [6.45, 7) is 0.964. The maximum absolute atomic E-state index is 13.1. The van der Waals surface area contributed by atoms with Crippen LogP contribution in [-0.4, -0.2) is 14.8 Å². The number of hydrogen-bond acceptors (Lipinski definition) is 2. The van der Waals surface area contributed by atoms with E-state index in [-0.39, 0.29) is 5.82 Å². The Morgan fingerprint density at radius 2 is 2.24 bits per heavy atom. The van der Waals surface area contributed by atoms with Crippen LogP contribution >= 0.6 is 0 Å². The molecule has 17 heavy (non-hydrogen) atoms. The zero-order valence-corrected chi connectivity index (χ0v) is 9.56. The first-order valence-corrected chi connectivity index (χ1v) is 5.98. The Kier molecular flexibility index (Phi) is 2.63. The molecule has 1 aromatic heterocycles. The highest BCUT2D eigenvalue weighted by atomic mass is 19.1. The van der Waals surface area contributed by atoms with Gasteiger partial charge in [0.2, 0.25) is 0 Å². The van der Waals surface area contributed by atoms with Gasteiger partial charge in [0.25, 0.3) is 0 Å². The first-order valence-electron chi connectivity index (χ1n) is 5.98. The topological polar surface area (TPSA) is 30.7 Å². The van der Waals surface area contributed by atoms with Gasteiger partial charge in [-0.2, -0.15) is 5.10 Å². The predicted molar refractivity (Wildman–Crippen MR) is 62.2 cm³/mol. The van der Waals surface area contributed by atoms with Gasteiger partial charge >= 0.3 is 0 Å². The molecule has 0 spiro atoms. The molecule has 0 bridgehead atoms. The number of hydrogen-bond donors (Lipinski definition) is 0. The van der Waals surface area contributed by atoms with Crippen molar-refractivity contribution in [3.8, 4) is 0 Å². The van der Waals surface area contributed by atoms with Crippen molar-refractivity contribution in [1.82, 2.24) is 14.8 Å². The van der Waals surface area contributed by atoms with Crippen molar-refractivity contribution in [3.63, 3.8) is 0 Å². The first-order chi connectivity index (χ1) is 8.31. The fourth-order valence-electron chi connectivity index (χ4n) is 2.24. The highest BCUT2D eigenvalue weighted by Gasteiger charge is 2.13. The summed E-state index contributed by atoms with van der Waals surface area (Å²) in [5.74, 6) is 1.67. The summed E-state index contributed by atoms with van der Waals surface area (Å²) in [5.41, 5.74) is 0.924. The molecule has 0 radical (unpaired) electrons. The lowest BCUT2D eigenvalue weighted by Crippen LogP contribution is -2.11. The number of aryl methyl sites for hydroxylation is 2. The Bertz CT molecular complexity index is 510. The van der Waals surface area contributed by atoms with E-state index in [0.29, 0.717) is 6.42 Å². The average molecular weight is 231 g/mol. The highest BCUT2D eigenvalue weighted by Crippen LogP contribution is 2.14. The lowest BCUT2D eigenvalue weighted by atomic mass is 10.1. The summed E-state index contributed by atoms with van der Waals surface area (Å²) in [7, 11) is 0. The van der Waals surface area contributed by atoms with E-state index in [9.17, 15) is 4.39 Å². The van der Waals surface area contributed by atoms with Crippen LogP contribution in [0.15, 0.2) is 24.3 Å². The molecule has 3 rings (SSSR count). The van der Waals surface area contributed by atoms with Gasteiger partial charge in [0, 0.05) is 19.4 Å². The van der Waals surface area contributed by atoms with Gasteiger partial charge in [0.15, 0.2) is 5.82 Å². The molecule has 0 saturated carbocycles. The van der Waals surface area contributed by atoms with Gasteiger partial charge in [0.1, 0.15) is 11.6 Å². The SMILES string of the molecule is Fc1cccc(Cc2nc3n(n2)CCCC3)c1. The maximum Gasteiger partial charge on any atom is 0.155 e. The molecular formula is C13H14FN3. The highest BCUT2D eigenvalue weighted by molar-refractivity contribution is 5.20. The zero-order valence-electron chi connectivity index (χ0n) is 9.56. The van der Waals surface area contributed by atoms with E-state index in [1.807, 2.05) is 10.7 Å². The lowest BCUT2D eigenvalue weighted by Gasteiger charge is -2.09. The molecular weight excluding hydrogens is 217 g/mol. The van der Waals surface area contributed by atoms with Gasteiger partial charge in [-0.25, -0.2) is 14.1 Å². The van der Waals surface area contributed by atoms with E-state index < -0.39 is 0 Å². The van der Waals surface area contributed by atoms with Gasteiger partial charge in [-0.1, -0.05) is 12.1 Å². The second-order valence-corrected chi connectivity index (χ2v) is 4.43. The fraction of sp³-hybridized carbons (Fsp3) is 0.385. The number of fused-ring (bicyclic) bond motifs is 1. The Morgan fingerprint density at radius 1 is 1.29 bits per heavy atom. The van der Waals surface area contributed by atoms with Crippen LogP contribution < -0.4 is 0 Å². The molecule has 88 valence electrons. The number of rotatable bonds is 2. The summed E-state index contributed by atoms with van der Waals surface area (Å²) < 4.78 is 15.0. The minimum atomic E-state index is -0.202. The van der Waals surface area contributed by atoms with E-state index in [0.717, 1.165) is 30.2 Å². The number of benzene rings is 1. The molecule has 4 heteroatoms. The van der Waals surface area contributed by atoms with E-state index in [4.69, 9.17) is 0 Å². The van der Waals surface area contributed by atoms with E-state index in [1.165, 1.54) is 18.9 Å². The number of aromatic nitrogens is 3. The second-order valence-electron chi connectivity index (χ2n) is 4.43. The largest absolute Gasteiger partial charge is 0.250 e. The Hall–Kier alpha value is -1.71. The molecule has 2 heterocycles. The van der Waals surface area contributed by atoms with Gasteiger partial charge < -0.3 is 0 Å². The van der Waals surface area contributed by atoms with Crippen LogP contribution in [0.25, 0.3) is 0 Å². The molecule has 1 aliphatic heterocycles. The Morgan fingerprint density at radius 3 is 3.06 bits per heavy atom. The van der Waals surface area contributed by atoms with Gasteiger partial charge in [-0.05, 0) is 30.5 Å². The fourth-order valence-corrected chi connectivity index (χ4v) is 2.24. The summed E-state index contributed by atoms with van der Waals surface area (Å²) in [6.07, 6.45) is 3.99. The molecule has 0 amide bonds. The van der Waals surface area contributed by atoms with Crippen molar-refractivity contribution >= 4 is 0 Å². The van der Waals surface area contributed by atoms with Gasteiger partial charge in [-0.15, -0.1) is 0 Å². The van der Waals surface area contributed by atoms with Crippen LogP contribution in [0, 0.1) is 5.82 Å². The summed E-state index contributed by atoms with van der Waals surface area (Å²) in [4.78, 5) is 4.51. The van der Waals surface area contributed by atoms with Crippen LogP contribution in [0.1, 0.15) is 30.1 Å². The molecule has 2 aromatic rings. The third-order valence-corrected chi connectivity index (χ3v) is 3.06. The van der Waals surface area contributed by atoms with Crippen LogP contribution in [0.5, 0.6) is 0 Å². The van der Waals surface area contributed by atoms with Crippen LogP contribution in [0.4, 0.5) is 4.39 Å². The second kappa shape index (κ2) is 4.28. The van der Waals surface area contributed by atoms with Crippen molar-refractivity contribution in [3.05, 3.63) is 47.3 Å². The third kappa shape index (κ3) is 2.20. The summed E-state index contributed by atoms with van der Waals surface area (Å²) in [6, 6.07) is 6.62. The van der Waals surface area contributed by atoms with Gasteiger partial charge in [0.05, 0.1) is 0 Å². The van der Waals surface area contributed by atoms with Crippen molar-refractivity contribution in [2.45, 2.75) is 32.2 Å². The van der Waals surface area contributed by atoms with Crippen molar-refractivity contribution in [1.29, 1.82) is 0 Å². The quantitative estimate of drug-likeness (QED) is 0.794. The Labute approximate surface area is 99.3 Å². The molecule has 0 atom stereocenters. The van der Waals surface area contributed by atoms with Crippen molar-refractivity contribution in [2.24, 2.45) is 0 Å². The van der Waals surface area contributed by atoms with Crippen LogP contribution in [-0.2, 0) is 19.4 Å². The monoisotopic (exact) mass is 231 g/mol. The van der Waals surface area contributed by atoms with Crippen LogP contribution in [0.2, 0.25) is 0 Å². The minimum absolute atomic E-state index is 0.202. The average Bonchev–Trinajstić information content (AvgIpc) is 2.71. The molecule has 0 aliphatic carbocycles. The van der Waals surface area contributed by atoms with Crippen molar-refractivity contribution in [2.75, 3.05) is 0 Å². The molecule has 3 nitrogen and oxygen atoms in total. The summed E-state index contributed by atoms with van der Waals surface area (Å²) >= 11 is 0. The zero-order chi connectivity index (χ0) is 11.7. The Balaban J connectivity index is 1.83. The van der Waals surface area contributed by atoms with E-state index in [1.54, 1.807) is 12.1 Å². The number of nitrogens with zero attached hydrogens (tertiary/aromatic N) is 3. The molecule has 0 fully saturated rings. The van der Waals surface area contributed by atoms with E-state index >= 15 is 0 Å². The molecule has 0 saturated heterocycles. The normalized spacial score (nSPS) is 14.6. The smallest absolute Gasteiger partial charge is 0.155 e. The first kappa shape index (κ1) is 10.4. The van der Waals surface area contributed by atoms with Gasteiger partial charge in [-0.3, -0.25) is 0 Å². The lowest BCUT2D eigenvalue weighted by molar-refractivity contribution is 0.478. The molecule has 1 aromatic carbocycles.